The van der Waals surface area contributed by atoms with Crippen LogP contribution in [0.3, 0.4) is 0 Å². The Bertz CT molecular complexity index is 3520. The number of fused-ring (bicyclic) bond motifs is 10. The maximum atomic E-state index is 2.48. The van der Waals surface area contributed by atoms with Gasteiger partial charge in [-0.15, -0.1) is 11.3 Å². The first-order valence-electron chi connectivity index (χ1n) is 19.5. The predicted octanol–water partition coefficient (Wildman–Crippen LogP) is 15.7. The fourth-order valence-corrected chi connectivity index (χ4v) is 10.2. The van der Waals surface area contributed by atoms with Crippen LogP contribution in [0, 0.1) is 0 Å². The normalized spacial score (nSPS) is 11.9. The van der Waals surface area contributed by atoms with Crippen molar-refractivity contribution in [3.8, 4) is 16.8 Å². The number of para-hydroxylation sites is 1. The van der Waals surface area contributed by atoms with Crippen molar-refractivity contribution < 1.29 is 0 Å². The zero-order valence-electron chi connectivity index (χ0n) is 30.9. The van der Waals surface area contributed by atoms with Crippen LogP contribution in [0.4, 0.5) is 17.1 Å². The van der Waals surface area contributed by atoms with Crippen LogP contribution >= 0.6 is 11.3 Å². The van der Waals surface area contributed by atoms with Crippen molar-refractivity contribution in [3.63, 3.8) is 0 Å². The molecule has 12 rings (SSSR count). The van der Waals surface area contributed by atoms with E-state index in [9.17, 15) is 0 Å². The molecule has 2 heterocycles. The molecule has 10 aromatic carbocycles. The summed E-state index contributed by atoms with van der Waals surface area (Å²) in [5, 5.41) is 12.5. The molecule has 0 fully saturated rings. The van der Waals surface area contributed by atoms with E-state index in [4.69, 9.17) is 0 Å². The van der Waals surface area contributed by atoms with Crippen LogP contribution in [0.15, 0.2) is 206 Å². The summed E-state index contributed by atoms with van der Waals surface area (Å²) in [6.07, 6.45) is 0. The van der Waals surface area contributed by atoms with Gasteiger partial charge in [-0.1, -0.05) is 146 Å². The highest BCUT2D eigenvalue weighted by atomic mass is 32.1. The summed E-state index contributed by atoms with van der Waals surface area (Å²) in [6.45, 7) is 0. The Labute approximate surface area is 333 Å². The lowest BCUT2D eigenvalue weighted by molar-refractivity contribution is 1.18. The van der Waals surface area contributed by atoms with E-state index in [1.54, 1.807) is 0 Å². The first-order chi connectivity index (χ1) is 28.3. The number of benzene rings is 10. The quantitative estimate of drug-likeness (QED) is 0.170. The molecule has 0 aliphatic carbocycles. The molecule has 0 bridgehead atoms. The maximum Gasteiger partial charge on any atom is 0.0619 e. The summed E-state index contributed by atoms with van der Waals surface area (Å²) in [7, 11) is 0. The summed E-state index contributed by atoms with van der Waals surface area (Å²) in [5.41, 5.74) is 9.37. The van der Waals surface area contributed by atoms with Crippen molar-refractivity contribution in [2.24, 2.45) is 0 Å². The Balaban J connectivity index is 1.16. The highest BCUT2D eigenvalue weighted by Crippen LogP contribution is 2.47. The van der Waals surface area contributed by atoms with Gasteiger partial charge in [0.15, 0.2) is 0 Å². The predicted molar refractivity (Wildman–Crippen MR) is 246 cm³/mol. The SMILES string of the molecule is c1ccc(-c2ccc(N(c3ccc4sc5cc6ccccc6cc5c4c3)c3ccc4c5ccc6ccccc6c5n(-c5ccccc5)c4c3)c3ccccc23)cc1. The zero-order valence-corrected chi connectivity index (χ0v) is 31.7. The number of hydrogen-bond donors (Lipinski definition) is 0. The second-order valence-electron chi connectivity index (χ2n) is 14.9. The van der Waals surface area contributed by atoms with Gasteiger partial charge in [0.25, 0.3) is 0 Å². The first kappa shape index (κ1) is 32.1. The summed E-state index contributed by atoms with van der Waals surface area (Å²) in [4.78, 5) is 2.48. The van der Waals surface area contributed by atoms with Gasteiger partial charge in [-0.2, -0.15) is 0 Å². The van der Waals surface area contributed by atoms with Gasteiger partial charge in [-0.3, -0.25) is 0 Å². The van der Waals surface area contributed by atoms with Crippen molar-refractivity contribution in [3.05, 3.63) is 206 Å². The van der Waals surface area contributed by atoms with Crippen LogP contribution in [-0.2, 0) is 0 Å². The van der Waals surface area contributed by atoms with Crippen molar-refractivity contribution in [1.82, 2.24) is 4.57 Å². The Morgan fingerprint density at radius 2 is 1.00 bits per heavy atom. The highest BCUT2D eigenvalue weighted by molar-refractivity contribution is 7.25. The van der Waals surface area contributed by atoms with E-state index in [-0.39, 0.29) is 0 Å². The Hall–Kier alpha value is -7.20. The minimum Gasteiger partial charge on any atom is -0.310 e. The number of hydrogen-bond acceptors (Lipinski definition) is 2. The third-order valence-electron chi connectivity index (χ3n) is 11.7. The lowest BCUT2D eigenvalue weighted by atomic mass is 9.96. The van der Waals surface area contributed by atoms with Crippen molar-refractivity contribution in [2.75, 3.05) is 4.90 Å². The molecule has 0 radical (unpaired) electrons. The number of thiophene rings is 1. The van der Waals surface area contributed by atoms with Crippen LogP contribution in [-0.4, -0.2) is 4.57 Å². The van der Waals surface area contributed by atoms with Gasteiger partial charge in [-0.25, -0.2) is 0 Å². The fourth-order valence-electron chi connectivity index (χ4n) is 9.12. The van der Waals surface area contributed by atoms with Gasteiger partial charge in [0.2, 0.25) is 0 Å². The zero-order chi connectivity index (χ0) is 37.5. The Morgan fingerprint density at radius 3 is 1.82 bits per heavy atom. The second-order valence-corrected chi connectivity index (χ2v) is 16.0. The first-order valence-corrected chi connectivity index (χ1v) is 20.3. The monoisotopic (exact) mass is 742 g/mol. The van der Waals surface area contributed by atoms with Crippen LogP contribution in [0.5, 0.6) is 0 Å². The molecule has 0 unspecified atom stereocenters. The molecule has 0 N–H and O–H groups in total. The van der Waals surface area contributed by atoms with Crippen LogP contribution in [0.25, 0.3) is 91.1 Å². The topological polar surface area (TPSA) is 8.17 Å². The third kappa shape index (κ3) is 5.03. The van der Waals surface area contributed by atoms with E-state index < -0.39 is 0 Å². The van der Waals surface area contributed by atoms with Gasteiger partial charge < -0.3 is 9.47 Å². The average Bonchev–Trinajstić information content (AvgIpc) is 3.81. The molecule has 3 heteroatoms. The van der Waals surface area contributed by atoms with Crippen LogP contribution in [0.2, 0.25) is 0 Å². The number of nitrogens with zero attached hydrogens (tertiary/aromatic N) is 2. The van der Waals surface area contributed by atoms with E-state index in [2.05, 4.69) is 216 Å². The fraction of sp³-hybridized carbons (Fsp3) is 0. The summed E-state index contributed by atoms with van der Waals surface area (Å²) >= 11 is 1.87. The second kappa shape index (κ2) is 12.7. The minimum atomic E-state index is 1.11. The molecule has 0 spiro atoms. The van der Waals surface area contributed by atoms with Crippen LogP contribution in [0.1, 0.15) is 0 Å². The van der Waals surface area contributed by atoms with Crippen molar-refractivity contribution in [1.29, 1.82) is 0 Å². The van der Waals surface area contributed by atoms with Crippen molar-refractivity contribution in [2.45, 2.75) is 0 Å². The molecule has 0 aliphatic rings. The van der Waals surface area contributed by atoms with E-state index >= 15 is 0 Å². The van der Waals surface area contributed by atoms with Crippen molar-refractivity contribution >= 4 is 103 Å². The lowest BCUT2D eigenvalue weighted by Crippen LogP contribution is -2.11. The molecule has 12 aromatic rings. The Morgan fingerprint density at radius 1 is 0.368 bits per heavy atom. The number of rotatable bonds is 5. The summed E-state index contributed by atoms with van der Waals surface area (Å²) in [6, 6.07) is 75.9. The minimum absolute atomic E-state index is 1.11. The van der Waals surface area contributed by atoms with E-state index in [1.807, 2.05) is 11.3 Å². The van der Waals surface area contributed by atoms with Gasteiger partial charge in [-0.05, 0) is 93.3 Å². The summed E-state index contributed by atoms with van der Waals surface area (Å²) in [5.74, 6) is 0. The van der Waals surface area contributed by atoms with Crippen LogP contribution < -0.4 is 4.90 Å². The molecule has 266 valence electrons. The molecule has 2 nitrogen and oxygen atoms in total. The molecule has 57 heavy (non-hydrogen) atoms. The third-order valence-corrected chi connectivity index (χ3v) is 12.8. The molecule has 0 aliphatic heterocycles. The number of anilines is 3. The molecule has 0 saturated heterocycles. The standard InChI is InChI=1S/C54H34N2S/c1-3-13-35(14-4-1)42-28-29-50(45-22-12-11-21-44(42)45)55(40-25-30-52-49(33-40)48-31-37-16-7-8-17-38(37)32-53(48)57-52)41-24-27-46-47-26-23-36-15-9-10-20-43(36)54(47)56(51(46)34-41)39-18-5-2-6-19-39/h1-34H. The van der Waals surface area contributed by atoms with Gasteiger partial charge in [0, 0.05) is 58.8 Å². The number of aromatic nitrogens is 1. The smallest absolute Gasteiger partial charge is 0.0619 e. The Kier molecular flexibility index (Phi) is 7.13. The largest absolute Gasteiger partial charge is 0.310 e. The maximum absolute atomic E-state index is 2.48. The lowest BCUT2D eigenvalue weighted by Gasteiger charge is -2.28. The van der Waals surface area contributed by atoms with Gasteiger partial charge in [0.05, 0.1) is 16.7 Å². The summed E-state index contributed by atoms with van der Waals surface area (Å²) < 4.78 is 5.07. The van der Waals surface area contributed by atoms with E-state index in [0.717, 1.165) is 22.7 Å². The molecule has 2 aromatic heterocycles. The molecule has 0 amide bonds. The molecular formula is C54H34N2S. The highest BCUT2D eigenvalue weighted by Gasteiger charge is 2.22. The van der Waals surface area contributed by atoms with E-state index in [0.29, 0.717) is 0 Å². The molecule has 0 saturated carbocycles. The van der Waals surface area contributed by atoms with Gasteiger partial charge >= 0.3 is 0 Å². The van der Waals surface area contributed by atoms with Gasteiger partial charge in [0.1, 0.15) is 0 Å². The average molecular weight is 743 g/mol. The molecular weight excluding hydrogens is 709 g/mol. The molecule has 0 atom stereocenters. The van der Waals surface area contributed by atoms with E-state index in [1.165, 1.54) is 85.4 Å².